The molecule has 1 aliphatic carbocycles. The summed E-state index contributed by atoms with van der Waals surface area (Å²) in [7, 11) is 0. The van der Waals surface area contributed by atoms with Gasteiger partial charge in [-0.05, 0) is 87.6 Å². The smallest absolute Gasteiger partial charge is 0.246 e. The molecule has 0 spiro atoms. The molecule has 4 N–H and O–H groups in total. The Hall–Kier alpha value is -5.81. The van der Waals surface area contributed by atoms with Gasteiger partial charge in [0.25, 0.3) is 0 Å². The van der Waals surface area contributed by atoms with E-state index in [0.29, 0.717) is 25.4 Å². The van der Waals surface area contributed by atoms with Gasteiger partial charge in [0.15, 0.2) is 5.82 Å². The van der Waals surface area contributed by atoms with Gasteiger partial charge < -0.3 is 35.4 Å². The standard InChI is InChI=1S/C52H66N8O7S/c1-30-14-16-38(17-15-30)46-45-32(3)34(5)68-51(45)60-35(6)57-58-48(60)41(55-46)27-43(62)53-22-25-66-23-11-24-67-29-44(63)56-47(52(7,8)9)50(65)59-28-39(61)26-42(59)49(64)54-33(4)36-18-20-37(21-19-36)40-13-10-12-31(40)2/h10,12,14-21,33,39,41-42,47,61H,11,13,22-29H2,1-9H3,(H,53,62)(H,54,64)(H,56,63)/t33-,39-,41?,42?,47+/m0/s1. The second-order valence-corrected chi connectivity index (χ2v) is 20.4. The number of hydrogen-bond acceptors (Lipinski definition) is 11. The molecule has 362 valence electrons. The molecule has 0 radical (unpaired) electrons. The number of nitrogens with one attached hydrogen (secondary N) is 3. The number of thiophene rings is 1. The fraction of sp³-hybridized carbons (Fsp3) is 0.481. The number of aliphatic hydroxyl groups is 1. The lowest BCUT2D eigenvalue weighted by Crippen LogP contribution is -2.58. The highest BCUT2D eigenvalue weighted by atomic mass is 32.1. The van der Waals surface area contributed by atoms with E-state index in [4.69, 9.17) is 14.5 Å². The molecule has 3 aliphatic rings. The number of aliphatic hydroxyl groups excluding tert-OH is 1. The number of carbonyl (C=O) groups is 4. The molecule has 2 unspecified atom stereocenters. The van der Waals surface area contributed by atoms with E-state index >= 15 is 0 Å². The van der Waals surface area contributed by atoms with Gasteiger partial charge in [-0.2, -0.15) is 0 Å². The van der Waals surface area contributed by atoms with Crippen LogP contribution in [0.15, 0.2) is 71.2 Å². The zero-order chi connectivity index (χ0) is 48.9. The van der Waals surface area contributed by atoms with Gasteiger partial charge in [0.1, 0.15) is 35.6 Å². The predicted molar refractivity (Wildman–Crippen MR) is 264 cm³/mol. The number of fused-ring (bicyclic) bond motifs is 3. The molecule has 1 fully saturated rings. The highest BCUT2D eigenvalue weighted by Gasteiger charge is 2.45. The number of carbonyl (C=O) groups excluding carboxylic acids is 4. The number of hydrogen-bond donors (Lipinski definition) is 4. The molecule has 1 saturated heterocycles. The summed E-state index contributed by atoms with van der Waals surface area (Å²) < 4.78 is 13.4. The fourth-order valence-corrected chi connectivity index (χ4v) is 10.1. The average molecular weight is 947 g/mol. The van der Waals surface area contributed by atoms with Crippen LogP contribution in [0.25, 0.3) is 10.6 Å². The summed E-state index contributed by atoms with van der Waals surface area (Å²) in [5, 5.41) is 29.4. The van der Waals surface area contributed by atoms with Crippen LogP contribution in [-0.4, -0.2) is 112 Å². The van der Waals surface area contributed by atoms with Crippen LogP contribution in [0.5, 0.6) is 0 Å². The van der Waals surface area contributed by atoms with Crippen molar-refractivity contribution in [2.45, 2.75) is 118 Å². The monoisotopic (exact) mass is 946 g/mol. The summed E-state index contributed by atoms with van der Waals surface area (Å²) in [6, 6.07) is 13.6. The van der Waals surface area contributed by atoms with Crippen molar-refractivity contribution in [1.29, 1.82) is 0 Å². The fourth-order valence-electron chi connectivity index (χ4n) is 8.93. The zero-order valence-corrected chi connectivity index (χ0v) is 41.6. The third-order valence-electron chi connectivity index (χ3n) is 12.9. The molecular weight excluding hydrogens is 881 g/mol. The third kappa shape index (κ3) is 11.5. The summed E-state index contributed by atoms with van der Waals surface area (Å²) in [6.07, 6.45) is 4.97. The van der Waals surface area contributed by atoms with Gasteiger partial charge in [0.2, 0.25) is 23.6 Å². The molecule has 0 saturated carbocycles. The first-order chi connectivity index (χ1) is 32.4. The van der Waals surface area contributed by atoms with Crippen molar-refractivity contribution in [3.8, 4) is 5.00 Å². The van der Waals surface area contributed by atoms with Crippen molar-refractivity contribution in [3.05, 3.63) is 116 Å². The van der Waals surface area contributed by atoms with Crippen molar-refractivity contribution in [3.63, 3.8) is 0 Å². The number of nitrogens with zero attached hydrogens (tertiary/aromatic N) is 5. The zero-order valence-electron chi connectivity index (χ0n) is 40.8. The lowest BCUT2D eigenvalue weighted by Gasteiger charge is -2.35. The van der Waals surface area contributed by atoms with Gasteiger partial charge in [-0.25, -0.2) is 0 Å². The maximum absolute atomic E-state index is 14.1. The minimum absolute atomic E-state index is 0.0186. The second kappa shape index (κ2) is 21.6. The first-order valence-corrected chi connectivity index (χ1v) is 24.4. The van der Waals surface area contributed by atoms with E-state index in [1.54, 1.807) is 11.3 Å². The van der Waals surface area contributed by atoms with Crippen molar-refractivity contribution in [2.75, 3.05) is 39.5 Å². The summed E-state index contributed by atoms with van der Waals surface area (Å²) in [6.45, 7) is 18.5. The maximum atomic E-state index is 14.1. The highest BCUT2D eigenvalue weighted by molar-refractivity contribution is 7.15. The van der Waals surface area contributed by atoms with Crippen LogP contribution in [0.4, 0.5) is 0 Å². The van der Waals surface area contributed by atoms with Crippen LogP contribution in [0.1, 0.15) is 122 Å². The number of benzene rings is 2. The van der Waals surface area contributed by atoms with Gasteiger partial charge >= 0.3 is 0 Å². The number of rotatable bonds is 18. The lowest BCUT2D eigenvalue weighted by molar-refractivity contribution is -0.144. The normalized spacial score (nSPS) is 18.7. The molecule has 5 atom stereocenters. The quantitative estimate of drug-likeness (QED) is 0.0809. The Bertz CT molecular complexity index is 2590. The molecule has 0 bridgehead atoms. The van der Waals surface area contributed by atoms with Crippen LogP contribution in [0.3, 0.4) is 0 Å². The Labute approximate surface area is 403 Å². The molecule has 2 aliphatic heterocycles. The summed E-state index contributed by atoms with van der Waals surface area (Å²) in [5.74, 6) is -0.103. The molecule has 2 aromatic carbocycles. The topological polar surface area (TPSA) is 189 Å². The van der Waals surface area contributed by atoms with E-state index in [-0.39, 0.29) is 57.1 Å². The number of β-amino-alcohol motifs (C(OH)–C–C–N with tert-alkyl or cyclic N) is 1. The number of amides is 4. The summed E-state index contributed by atoms with van der Waals surface area (Å²) in [5.41, 5.74) is 9.04. The molecular formula is C52H66N8O7S. The Morgan fingerprint density at radius 2 is 1.60 bits per heavy atom. The van der Waals surface area contributed by atoms with E-state index in [1.165, 1.54) is 20.9 Å². The molecule has 4 amide bonds. The Kier molecular flexibility index (Phi) is 15.9. The van der Waals surface area contributed by atoms with Crippen LogP contribution < -0.4 is 16.0 Å². The Balaban J connectivity index is 0.839. The average Bonchev–Trinajstić information content (AvgIpc) is 4.07. The number of allylic oxidation sites excluding steroid dienone is 4. The highest BCUT2D eigenvalue weighted by Crippen LogP contribution is 2.40. The van der Waals surface area contributed by atoms with Crippen molar-refractivity contribution >= 4 is 46.3 Å². The third-order valence-corrected chi connectivity index (χ3v) is 14.1. The predicted octanol–water partition coefficient (Wildman–Crippen LogP) is 6.49. The number of aryl methyl sites for hydroxylation is 3. The van der Waals surface area contributed by atoms with Crippen LogP contribution >= 0.6 is 11.3 Å². The van der Waals surface area contributed by atoms with E-state index in [0.717, 1.165) is 56.3 Å². The minimum Gasteiger partial charge on any atom is -0.391 e. The van der Waals surface area contributed by atoms with Crippen LogP contribution in [0, 0.1) is 33.1 Å². The van der Waals surface area contributed by atoms with Crippen LogP contribution in [-0.2, 0) is 28.7 Å². The number of likely N-dealkylation sites (tertiary alicyclic amines) is 1. The molecule has 15 nitrogen and oxygen atoms in total. The maximum Gasteiger partial charge on any atom is 0.246 e. The van der Waals surface area contributed by atoms with Gasteiger partial charge in [-0.3, -0.25) is 28.7 Å². The van der Waals surface area contributed by atoms with E-state index in [9.17, 15) is 24.3 Å². The molecule has 4 heterocycles. The van der Waals surface area contributed by atoms with Crippen molar-refractivity contribution in [2.24, 2.45) is 10.4 Å². The molecule has 7 rings (SSSR count). The first kappa shape index (κ1) is 50.1. The van der Waals surface area contributed by atoms with E-state index in [2.05, 4.69) is 102 Å². The summed E-state index contributed by atoms with van der Waals surface area (Å²) >= 11 is 1.68. The van der Waals surface area contributed by atoms with Gasteiger partial charge in [-0.15, -0.1) is 21.5 Å². The minimum atomic E-state index is -0.972. The van der Waals surface area contributed by atoms with Crippen LogP contribution in [0.2, 0.25) is 0 Å². The van der Waals surface area contributed by atoms with Gasteiger partial charge in [0.05, 0.1) is 30.9 Å². The Morgan fingerprint density at radius 1 is 0.897 bits per heavy atom. The summed E-state index contributed by atoms with van der Waals surface area (Å²) in [4.78, 5) is 62.0. The van der Waals surface area contributed by atoms with E-state index < -0.39 is 41.5 Å². The molecule has 2 aromatic heterocycles. The second-order valence-electron chi connectivity index (χ2n) is 19.2. The Morgan fingerprint density at radius 3 is 2.29 bits per heavy atom. The van der Waals surface area contributed by atoms with E-state index in [1.807, 2.05) is 51.3 Å². The lowest BCUT2D eigenvalue weighted by atomic mass is 9.85. The number of aromatic nitrogens is 3. The first-order valence-electron chi connectivity index (χ1n) is 23.6. The van der Waals surface area contributed by atoms with Gasteiger partial charge in [-0.1, -0.05) is 87.0 Å². The number of aliphatic imine (C=N–C) groups is 1. The van der Waals surface area contributed by atoms with Crippen molar-refractivity contribution in [1.82, 2.24) is 35.6 Å². The largest absolute Gasteiger partial charge is 0.391 e. The molecule has 16 heteroatoms. The SMILES string of the molecule is CC1=C(c2ccc([C@H](C)NC(=O)C3C[C@H](O)CN3C(=O)[C@@H](NC(=O)COCCCOCCNC(=O)CC3N=C(c4ccc(C)cc4)c4c(sc(C)c4C)-n4c(C)nnc43)C(C)(C)C)cc2)CC=C1. The molecule has 68 heavy (non-hydrogen) atoms. The molecule has 4 aromatic rings. The van der Waals surface area contributed by atoms with Crippen molar-refractivity contribution < 1.29 is 33.8 Å². The van der Waals surface area contributed by atoms with Gasteiger partial charge in [0, 0.05) is 48.7 Å². The number of ether oxygens (including phenoxy) is 2.